The van der Waals surface area contributed by atoms with Gasteiger partial charge in [-0.1, -0.05) is 25.6 Å². The fourth-order valence-electron chi connectivity index (χ4n) is 1.68. The maximum absolute atomic E-state index is 4.54. The van der Waals surface area contributed by atoms with Gasteiger partial charge in [-0.2, -0.15) is 0 Å². The molecule has 0 saturated carbocycles. The molecule has 1 aliphatic rings. The molecule has 2 atom stereocenters. The average molecular weight is 229 g/mol. The van der Waals surface area contributed by atoms with Gasteiger partial charge in [0.2, 0.25) is 0 Å². The van der Waals surface area contributed by atoms with Crippen molar-refractivity contribution in [3.63, 3.8) is 0 Å². The number of amidine groups is 1. The number of aliphatic imine (C=N–C) groups is 1. The summed E-state index contributed by atoms with van der Waals surface area (Å²) in [5.41, 5.74) is 0. The summed E-state index contributed by atoms with van der Waals surface area (Å²) in [6.45, 7) is 12.2. The molecule has 4 heteroatoms. The first-order valence-corrected chi connectivity index (χ1v) is 6.83. The fraction of sp³-hybridized carbons (Fsp3) is 0.909. The molecule has 0 fully saturated rings. The number of rotatable bonds is 5. The Kier molecular flexibility index (Phi) is 5.47. The van der Waals surface area contributed by atoms with Gasteiger partial charge in [-0.25, -0.2) is 0 Å². The summed E-state index contributed by atoms with van der Waals surface area (Å²) >= 11 is 1.84. The molecule has 0 bridgehead atoms. The first kappa shape index (κ1) is 12.8. The average Bonchev–Trinajstić information content (AvgIpc) is 2.60. The zero-order valence-corrected chi connectivity index (χ0v) is 11.1. The number of nitrogens with zero attached hydrogens (tertiary/aromatic N) is 2. The molecular weight excluding hydrogens is 206 g/mol. The van der Waals surface area contributed by atoms with Crippen molar-refractivity contribution in [2.24, 2.45) is 4.99 Å². The molecule has 0 saturated heterocycles. The standard InChI is InChI=1S/C11H23N3S/c1-5-14(6-2)7-9(3)12-11-13-10(4)8-15-11/h9-10H,5-8H2,1-4H3,(H,12,13). The monoisotopic (exact) mass is 229 g/mol. The smallest absolute Gasteiger partial charge is 0.157 e. The third-order valence-electron chi connectivity index (χ3n) is 2.60. The molecule has 15 heavy (non-hydrogen) atoms. The Hall–Kier alpha value is -0.220. The minimum Gasteiger partial charge on any atom is -0.361 e. The van der Waals surface area contributed by atoms with E-state index < -0.39 is 0 Å². The molecule has 0 aromatic rings. The zero-order chi connectivity index (χ0) is 11.3. The van der Waals surface area contributed by atoms with Crippen molar-refractivity contribution in [1.82, 2.24) is 10.2 Å². The maximum atomic E-state index is 4.54. The van der Waals surface area contributed by atoms with Gasteiger partial charge in [-0.15, -0.1) is 0 Å². The van der Waals surface area contributed by atoms with Crippen LogP contribution in [0, 0.1) is 0 Å². The fourth-order valence-corrected chi connectivity index (χ4v) is 2.69. The van der Waals surface area contributed by atoms with Crippen LogP contribution < -0.4 is 5.32 Å². The van der Waals surface area contributed by atoms with Gasteiger partial charge in [0.25, 0.3) is 0 Å². The summed E-state index contributed by atoms with van der Waals surface area (Å²) in [6.07, 6.45) is 0. The van der Waals surface area contributed by atoms with Crippen LogP contribution >= 0.6 is 11.8 Å². The van der Waals surface area contributed by atoms with Crippen molar-refractivity contribution in [2.45, 2.75) is 39.8 Å². The molecule has 88 valence electrons. The molecule has 0 aliphatic carbocycles. The van der Waals surface area contributed by atoms with Gasteiger partial charge in [-0.3, -0.25) is 4.99 Å². The van der Waals surface area contributed by atoms with Crippen LogP contribution in [0.25, 0.3) is 0 Å². The third kappa shape index (κ3) is 4.43. The third-order valence-corrected chi connectivity index (χ3v) is 3.74. The number of hydrogen-bond acceptors (Lipinski definition) is 4. The van der Waals surface area contributed by atoms with Crippen LogP contribution in [0.3, 0.4) is 0 Å². The molecule has 1 N–H and O–H groups in total. The zero-order valence-electron chi connectivity index (χ0n) is 10.3. The van der Waals surface area contributed by atoms with E-state index in [9.17, 15) is 0 Å². The first-order valence-electron chi connectivity index (χ1n) is 5.85. The van der Waals surface area contributed by atoms with Gasteiger partial charge in [0.05, 0.1) is 6.04 Å². The van der Waals surface area contributed by atoms with Crippen LogP contribution in [0.4, 0.5) is 0 Å². The Balaban J connectivity index is 2.29. The normalized spacial score (nSPS) is 23.0. The first-order chi connectivity index (χ1) is 7.15. The second-order valence-electron chi connectivity index (χ2n) is 4.13. The molecule has 1 aliphatic heterocycles. The van der Waals surface area contributed by atoms with Crippen LogP contribution in [-0.2, 0) is 0 Å². The van der Waals surface area contributed by atoms with Crippen LogP contribution in [-0.4, -0.2) is 47.5 Å². The van der Waals surface area contributed by atoms with Crippen molar-refractivity contribution in [2.75, 3.05) is 25.4 Å². The highest BCUT2D eigenvalue weighted by atomic mass is 32.2. The molecule has 0 aromatic heterocycles. The maximum Gasteiger partial charge on any atom is 0.157 e. The summed E-state index contributed by atoms with van der Waals surface area (Å²) in [4.78, 5) is 6.97. The second kappa shape index (κ2) is 6.38. The minimum absolute atomic E-state index is 0.484. The van der Waals surface area contributed by atoms with E-state index >= 15 is 0 Å². The Bertz CT molecular complexity index is 214. The number of nitrogens with one attached hydrogen (secondary N) is 1. The summed E-state index contributed by atoms with van der Waals surface area (Å²) in [6, 6.07) is 0.972. The van der Waals surface area contributed by atoms with E-state index in [2.05, 4.69) is 42.9 Å². The molecule has 0 radical (unpaired) electrons. The lowest BCUT2D eigenvalue weighted by Gasteiger charge is -2.23. The second-order valence-corrected chi connectivity index (χ2v) is 5.13. The van der Waals surface area contributed by atoms with Crippen LogP contribution in [0.1, 0.15) is 27.7 Å². The largest absolute Gasteiger partial charge is 0.361 e. The van der Waals surface area contributed by atoms with Crippen molar-refractivity contribution in [3.05, 3.63) is 0 Å². The number of likely N-dealkylation sites (N-methyl/N-ethyl adjacent to an activating group) is 1. The van der Waals surface area contributed by atoms with Crippen LogP contribution in [0.5, 0.6) is 0 Å². The van der Waals surface area contributed by atoms with E-state index in [0.717, 1.165) is 30.6 Å². The molecule has 1 rings (SSSR count). The van der Waals surface area contributed by atoms with Gasteiger partial charge in [0.1, 0.15) is 0 Å². The van der Waals surface area contributed by atoms with Crippen molar-refractivity contribution in [3.8, 4) is 0 Å². The molecule has 0 spiro atoms. The summed E-state index contributed by atoms with van der Waals surface area (Å²) < 4.78 is 0. The van der Waals surface area contributed by atoms with E-state index in [-0.39, 0.29) is 0 Å². The lowest BCUT2D eigenvalue weighted by molar-refractivity contribution is 0.282. The Morgan fingerprint density at radius 1 is 1.53 bits per heavy atom. The lowest BCUT2D eigenvalue weighted by atomic mass is 10.3. The molecular formula is C11H23N3S. The highest BCUT2D eigenvalue weighted by molar-refractivity contribution is 8.14. The number of thioether (sulfide) groups is 1. The highest BCUT2D eigenvalue weighted by Gasteiger charge is 2.16. The Morgan fingerprint density at radius 3 is 2.67 bits per heavy atom. The van der Waals surface area contributed by atoms with E-state index in [4.69, 9.17) is 0 Å². The van der Waals surface area contributed by atoms with Gasteiger partial charge in [0.15, 0.2) is 5.17 Å². The van der Waals surface area contributed by atoms with Gasteiger partial charge in [0, 0.05) is 18.3 Å². The summed E-state index contributed by atoms with van der Waals surface area (Å²) in [7, 11) is 0. The van der Waals surface area contributed by atoms with Crippen LogP contribution in [0.15, 0.2) is 4.99 Å². The molecule has 0 aromatic carbocycles. The van der Waals surface area contributed by atoms with E-state index in [0.29, 0.717) is 12.1 Å². The van der Waals surface area contributed by atoms with Crippen molar-refractivity contribution >= 4 is 16.9 Å². The van der Waals surface area contributed by atoms with Gasteiger partial charge < -0.3 is 10.2 Å². The molecule has 1 heterocycles. The van der Waals surface area contributed by atoms with Crippen molar-refractivity contribution in [1.29, 1.82) is 0 Å². The van der Waals surface area contributed by atoms with E-state index in [1.54, 1.807) is 0 Å². The molecule has 2 unspecified atom stereocenters. The van der Waals surface area contributed by atoms with E-state index in [1.165, 1.54) is 0 Å². The predicted molar refractivity (Wildman–Crippen MR) is 69.7 cm³/mol. The van der Waals surface area contributed by atoms with Crippen molar-refractivity contribution < 1.29 is 0 Å². The molecule has 3 nitrogen and oxygen atoms in total. The topological polar surface area (TPSA) is 27.6 Å². The van der Waals surface area contributed by atoms with E-state index in [1.807, 2.05) is 11.8 Å². The predicted octanol–water partition coefficient (Wildman–Crippen LogP) is 1.80. The highest BCUT2D eigenvalue weighted by Crippen LogP contribution is 2.15. The lowest BCUT2D eigenvalue weighted by Crippen LogP contribution is -2.40. The minimum atomic E-state index is 0.484. The Morgan fingerprint density at radius 2 is 2.20 bits per heavy atom. The van der Waals surface area contributed by atoms with Crippen LogP contribution in [0.2, 0.25) is 0 Å². The Labute approximate surface area is 97.7 Å². The summed E-state index contributed by atoms with van der Waals surface area (Å²) in [5.74, 6) is 1.13. The SMILES string of the molecule is CCN(CC)CC(C)NC1=NC(C)CS1. The number of hydrogen-bond donors (Lipinski definition) is 1. The van der Waals surface area contributed by atoms with Gasteiger partial charge >= 0.3 is 0 Å². The van der Waals surface area contributed by atoms with Gasteiger partial charge in [-0.05, 0) is 26.9 Å². The quantitative estimate of drug-likeness (QED) is 0.779. The summed E-state index contributed by atoms with van der Waals surface area (Å²) in [5, 5.41) is 4.61. The molecule has 0 amide bonds.